The van der Waals surface area contributed by atoms with Crippen LogP contribution in [0.1, 0.15) is 15.9 Å². The Balaban J connectivity index is 1.67. The number of halogens is 2. The van der Waals surface area contributed by atoms with Crippen molar-refractivity contribution in [2.75, 3.05) is 0 Å². The van der Waals surface area contributed by atoms with Crippen LogP contribution in [-0.2, 0) is 0 Å². The average Bonchev–Trinajstić information content (AvgIpc) is 2.66. The van der Waals surface area contributed by atoms with Gasteiger partial charge in [-0.2, -0.15) is 14.5 Å². The van der Waals surface area contributed by atoms with Crippen LogP contribution in [0.4, 0.5) is 4.39 Å². The van der Waals surface area contributed by atoms with Gasteiger partial charge in [0.2, 0.25) is 11.1 Å². The van der Waals surface area contributed by atoms with E-state index in [0.29, 0.717) is 16.9 Å². The van der Waals surface area contributed by atoms with E-state index >= 15 is 0 Å². The molecule has 8 heteroatoms. The van der Waals surface area contributed by atoms with Crippen LogP contribution in [0, 0.1) is 5.82 Å². The van der Waals surface area contributed by atoms with Gasteiger partial charge in [-0.15, -0.1) is 0 Å². The van der Waals surface area contributed by atoms with Gasteiger partial charge in [0.05, 0.1) is 12.4 Å². The Bertz CT molecular complexity index is 951. The van der Waals surface area contributed by atoms with Crippen molar-refractivity contribution in [3.63, 3.8) is 0 Å². The first-order chi connectivity index (χ1) is 12.6. The van der Waals surface area contributed by atoms with Gasteiger partial charge in [-0.05, 0) is 41.4 Å². The summed E-state index contributed by atoms with van der Waals surface area (Å²) in [4.78, 5) is 19.1. The van der Waals surface area contributed by atoms with E-state index in [1.807, 2.05) is 6.07 Å². The molecule has 0 radical (unpaired) electrons. The maximum Gasteiger partial charge on any atom is 0.271 e. The Morgan fingerprint density at radius 3 is 2.81 bits per heavy atom. The number of amides is 1. The van der Waals surface area contributed by atoms with E-state index in [1.54, 1.807) is 48.5 Å². The minimum atomic E-state index is -0.733. The molecule has 0 atom stereocenters. The van der Waals surface area contributed by atoms with Gasteiger partial charge in [0.15, 0.2) is 0 Å². The van der Waals surface area contributed by atoms with Crippen molar-refractivity contribution in [1.82, 2.24) is 15.4 Å². The molecule has 0 bridgehead atoms. The highest BCUT2D eigenvalue weighted by atomic mass is 35.5. The Labute approximate surface area is 153 Å². The number of carbonyl (C=O) groups is 1. The average molecular weight is 371 g/mol. The van der Waals surface area contributed by atoms with Crippen LogP contribution in [0.25, 0.3) is 0 Å². The standard InChI is InChI=1S/C18H12ClFN4O2/c19-18-21-11-15(20)17(23-18)26-14-8-4-5-12(9-14)10-22-24-16(25)13-6-2-1-3-7-13/h1-11H,(H,24,25)/b22-10-. The van der Waals surface area contributed by atoms with Gasteiger partial charge in [0.1, 0.15) is 5.75 Å². The lowest BCUT2D eigenvalue weighted by Gasteiger charge is -2.06. The minimum Gasteiger partial charge on any atom is -0.436 e. The molecule has 0 aliphatic carbocycles. The van der Waals surface area contributed by atoms with Crippen molar-refractivity contribution in [3.8, 4) is 11.6 Å². The molecule has 0 unspecified atom stereocenters. The number of rotatable bonds is 5. The van der Waals surface area contributed by atoms with E-state index in [4.69, 9.17) is 16.3 Å². The Kier molecular flexibility index (Phi) is 5.50. The fraction of sp³-hybridized carbons (Fsp3) is 0. The Hall–Kier alpha value is -3.32. The largest absolute Gasteiger partial charge is 0.436 e. The first-order valence-corrected chi connectivity index (χ1v) is 7.84. The lowest BCUT2D eigenvalue weighted by molar-refractivity contribution is 0.0955. The van der Waals surface area contributed by atoms with Crippen LogP contribution in [0.5, 0.6) is 11.6 Å². The van der Waals surface area contributed by atoms with Crippen molar-refractivity contribution in [2.24, 2.45) is 5.10 Å². The molecule has 3 rings (SSSR count). The van der Waals surface area contributed by atoms with Crippen molar-refractivity contribution < 1.29 is 13.9 Å². The SMILES string of the molecule is O=C(N/N=C\c1cccc(Oc2nc(Cl)ncc2F)c1)c1ccccc1. The number of nitrogens with one attached hydrogen (secondary N) is 1. The summed E-state index contributed by atoms with van der Waals surface area (Å²) in [5.74, 6) is -1.01. The fourth-order valence-corrected chi connectivity index (χ4v) is 2.12. The third-order valence-corrected chi connectivity index (χ3v) is 3.35. The molecule has 3 aromatic rings. The Morgan fingerprint density at radius 2 is 2.00 bits per heavy atom. The van der Waals surface area contributed by atoms with Crippen LogP contribution < -0.4 is 10.2 Å². The van der Waals surface area contributed by atoms with E-state index in [2.05, 4.69) is 20.5 Å². The normalized spacial score (nSPS) is 10.7. The highest BCUT2D eigenvalue weighted by Crippen LogP contribution is 2.23. The molecule has 2 aromatic carbocycles. The molecule has 1 heterocycles. The maximum absolute atomic E-state index is 13.6. The number of nitrogens with zero attached hydrogens (tertiary/aromatic N) is 3. The van der Waals surface area contributed by atoms with Gasteiger partial charge in [0.25, 0.3) is 11.8 Å². The molecular weight excluding hydrogens is 359 g/mol. The van der Waals surface area contributed by atoms with E-state index in [9.17, 15) is 9.18 Å². The number of carbonyl (C=O) groups excluding carboxylic acids is 1. The monoisotopic (exact) mass is 370 g/mol. The predicted molar refractivity (Wildman–Crippen MR) is 95.0 cm³/mol. The number of benzene rings is 2. The highest BCUT2D eigenvalue weighted by molar-refractivity contribution is 6.28. The van der Waals surface area contributed by atoms with Gasteiger partial charge in [-0.25, -0.2) is 10.4 Å². The molecule has 0 fully saturated rings. The Morgan fingerprint density at radius 1 is 1.19 bits per heavy atom. The summed E-state index contributed by atoms with van der Waals surface area (Å²) in [6.45, 7) is 0. The van der Waals surface area contributed by atoms with Crippen molar-refractivity contribution in [2.45, 2.75) is 0 Å². The quantitative estimate of drug-likeness (QED) is 0.421. The molecule has 6 nitrogen and oxygen atoms in total. The molecular formula is C18H12ClFN4O2. The molecule has 0 spiro atoms. The molecule has 1 N–H and O–H groups in total. The third-order valence-electron chi connectivity index (χ3n) is 3.17. The van der Waals surface area contributed by atoms with Crippen LogP contribution in [0.3, 0.4) is 0 Å². The lowest BCUT2D eigenvalue weighted by atomic mass is 10.2. The van der Waals surface area contributed by atoms with E-state index in [1.165, 1.54) is 6.21 Å². The van der Waals surface area contributed by atoms with Gasteiger partial charge in [-0.1, -0.05) is 30.3 Å². The number of aromatic nitrogens is 2. The molecule has 130 valence electrons. The van der Waals surface area contributed by atoms with Crippen molar-refractivity contribution >= 4 is 23.7 Å². The number of ether oxygens (including phenoxy) is 1. The smallest absolute Gasteiger partial charge is 0.271 e. The van der Waals surface area contributed by atoms with Gasteiger partial charge in [0, 0.05) is 5.56 Å². The molecule has 0 aliphatic heterocycles. The van der Waals surface area contributed by atoms with Gasteiger partial charge >= 0.3 is 0 Å². The first kappa shape index (κ1) is 17.5. The zero-order valence-corrected chi connectivity index (χ0v) is 14.0. The summed E-state index contributed by atoms with van der Waals surface area (Å²) in [5.41, 5.74) is 3.56. The summed E-state index contributed by atoms with van der Waals surface area (Å²) >= 11 is 5.63. The summed E-state index contributed by atoms with van der Waals surface area (Å²) in [6.07, 6.45) is 2.37. The minimum absolute atomic E-state index is 0.122. The third kappa shape index (κ3) is 4.61. The summed E-state index contributed by atoms with van der Waals surface area (Å²) in [6, 6.07) is 15.4. The molecule has 1 aromatic heterocycles. The molecule has 0 aliphatic rings. The second kappa shape index (κ2) is 8.17. The topological polar surface area (TPSA) is 76.5 Å². The van der Waals surface area contributed by atoms with Crippen molar-refractivity contribution in [1.29, 1.82) is 0 Å². The molecule has 26 heavy (non-hydrogen) atoms. The van der Waals surface area contributed by atoms with Crippen LogP contribution in [0.2, 0.25) is 5.28 Å². The van der Waals surface area contributed by atoms with E-state index in [-0.39, 0.29) is 17.1 Å². The van der Waals surface area contributed by atoms with Crippen LogP contribution >= 0.6 is 11.6 Å². The zero-order valence-electron chi connectivity index (χ0n) is 13.3. The molecule has 0 saturated heterocycles. The molecule has 1 amide bonds. The van der Waals surface area contributed by atoms with Crippen LogP contribution in [0.15, 0.2) is 65.9 Å². The number of hydrogen-bond acceptors (Lipinski definition) is 5. The lowest BCUT2D eigenvalue weighted by Crippen LogP contribution is -2.17. The fourth-order valence-electron chi connectivity index (χ4n) is 1.99. The summed E-state index contributed by atoms with van der Waals surface area (Å²) in [7, 11) is 0. The summed E-state index contributed by atoms with van der Waals surface area (Å²) < 4.78 is 19.0. The van der Waals surface area contributed by atoms with Crippen molar-refractivity contribution in [3.05, 3.63) is 83.0 Å². The number of hydrogen-bond donors (Lipinski definition) is 1. The second-order valence-electron chi connectivity index (χ2n) is 5.03. The first-order valence-electron chi connectivity index (χ1n) is 7.46. The zero-order chi connectivity index (χ0) is 18.4. The van der Waals surface area contributed by atoms with E-state index in [0.717, 1.165) is 6.20 Å². The highest BCUT2D eigenvalue weighted by Gasteiger charge is 2.09. The van der Waals surface area contributed by atoms with E-state index < -0.39 is 5.82 Å². The van der Waals surface area contributed by atoms with Crippen LogP contribution in [-0.4, -0.2) is 22.1 Å². The summed E-state index contributed by atoms with van der Waals surface area (Å²) in [5, 5.41) is 3.77. The second-order valence-corrected chi connectivity index (χ2v) is 5.37. The van der Waals surface area contributed by atoms with Gasteiger partial charge in [-0.3, -0.25) is 4.79 Å². The van der Waals surface area contributed by atoms with Gasteiger partial charge < -0.3 is 4.74 Å². The number of hydrazone groups is 1. The predicted octanol–water partition coefficient (Wildman–Crippen LogP) is 3.83. The molecule has 0 saturated carbocycles. The maximum atomic E-state index is 13.6.